The molecule has 2 amide bonds. The van der Waals surface area contributed by atoms with Crippen LogP contribution in [0.25, 0.3) is 0 Å². The Morgan fingerprint density at radius 3 is 2.21 bits per heavy atom. The summed E-state index contributed by atoms with van der Waals surface area (Å²) in [6.45, 7) is 0.603. The molecule has 0 atom stereocenters. The van der Waals surface area contributed by atoms with E-state index < -0.39 is 18.5 Å². The number of hydrogen-bond acceptors (Lipinski definition) is 7. The SMILES string of the molecule is CC(=O)c1cc2c(cc1NC(=O)COC(=O)CNC(=O)CC13CC4CC(CC(C4)C1)C3)OCO2. The second kappa shape index (κ2) is 8.92. The number of fused-ring (bicyclic) bond motifs is 1. The van der Waals surface area contributed by atoms with Gasteiger partial charge in [-0.15, -0.1) is 0 Å². The number of rotatable bonds is 8. The van der Waals surface area contributed by atoms with E-state index in [-0.39, 0.29) is 41.7 Å². The number of esters is 1. The maximum absolute atomic E-state index is 12.6. The highest BCUT2D eigenvalue weighted by Gasteiger charge is 2.51. The van der Waals surface area contributed by atoms with Crippen molar-refractivity contribution in [3.05, 3.63) is 17.7 Å². The average Bonchev–Trinajstić information content (AvgIpc) is 3.22. The highest BCUT2D eigenvalue weighted by Crippen LogP contribution is 2.61. The van der Waals surface area contributed by atoms with E-state index in [2.05, 4.69) is 10.6 Å². The van der Waals surface area contributed by atoms with E-state index in [0.29, 0.717) is 17.9 Å². The number of Topliss-reactive ketones (excluding diaryl/α,β-unsaturated/α-hetero) is 1. The summed E-state index contributed by atoms with van der Waals surface area (Å²) in [5, 5.41) is 5.23. The molecule has 4 saturated carbocycles. The molecule has 0 radical (unpaired) electrons. The first-order chi connectivity index (χ1) is 16.3. The van der Waals surface area contributed by atoms with Crippen LogP contribution in [-0.4, -0.2) is 43.5 Å². The molecule has 182 valence electrons. The summed E-state index contributed by atoms with van der Waals surface area (Å²) in [5.41, 5.74) is 0.615. The van der Waals surface area contributed by atoms with E-state index in [9.17, 15) is 19.2 Å². The molecule has 0 aromatic heterocycles. The van der Waals surface area contributed by atoms with Crippen LogP contribution in [0.5, 0.6) is 11.5 Å². The number of benzene rings is 1. The molecule has 9 nitrogen and oxygen atoms in total. The Kier molecular flexibility index (Phi) is 5.95. The first kappa shape index (κ1) is 22.7. The van der Waals surface area contributed by atoms with Gasteiger partial charge >= 0.3 is 5.97 Å². The molecule has 2 N–H and O–H groups in total. The number of carbonyl (C=O) groups is 4. The second-order valence-corrected chi connectivity index (χ2v) is 10.4. The fourth-order valence-corrected chi connectivity index (χ4v) is 6.80. The standard InChI is InChI=1S/C25H30N2O7/c1-14(28)18-5-20-21(34-13-33-20)6-19(18)27-23(30)12-32-24(31)11-26-22(29)10-25-7-15-2-16(8-25)4-17(3-15)9-25/h5-6,15-17H,2-4,7-13H2,1H3,(H,26,29)(H,27,30). The lowest BCUT2D eigenvalue weighted by Crippen LogP contribution is -2.48. The number of ether oxygens (including phenoxy) is 3. The second-order valence-electron chi connectivity index (χ2n) is 10.4. The van der Waals surface area contributed by atoms with Gasteiger partial charge < -0.3 is 24.8 Å². The molecular formula is C25H30N2O7. The van der Waals surface area contributed by atoms with Crippen LogP contribution in [0.2, 0.25) is 0 Å². The van der Waals surface area contributed by atoms with Crippen LogP contribution in [-0.2, 0) is 19.1 Å². The summed E-state index contributed by atoms with van der Waals surface area (Å²) in [7, 11) is 0. The molecule has 6 rings (SSSR count). The van der Waals surface area contributed by atoms with Gasteiger partial charge in [-0.2, -0.15) is 0 Å². The predicted molar refractivity (Wildman–Crippen MR) is 120 cm³/mol. The molecule has 1 aromatic carbocycles. The maximum atomic E-state index is 12.6. The molecule has 4 bridgehead atoms. The lowest BCUT2D eigenvalue weighted by Gasteiger charge is -2.56. The zero-order valence-electron chi connectivity index (χ0n) is 19.3. The van der Waals surface area contributed by atoms with Gasteiger partial charge in [0.2, 0.25) is 12.7 Å². The maximum Gasteiger partial charge on any atom is 0.325 e. The Labute approximate surface area is 197 Å². The molecule has 0 spiro atoms. The van der Waals surface area contributed by atoms with Crippen molar-refractivity contribution in [1.82, 2.24) is 5.32 Å². The number of anilines is 1. The van der Waals surface area contributed by atoms with Gasteiger partial charge in [0.25, 0.3) is 5.91 Å². The number of ketones is 1. The van der Waals surface area contributed by atoms with Crippen molar-refractivity contribution in [2.75, 3.05) is 25.3 Å². The first-order valence-electron chi connectivity index (χ1n) is 12.0. The van der Waals surface area contributed by atoms with E-state index >= 15 is 0 Å². The van der Waals surface area contributed by atoms with Crippen molar-refractivity contribution in [1.29, 1.82) is 0 Å². The van der Waals surface area contributed by atoms with Gasteiger partial charge in [0, 0.05) is 18.1 Å². The summed E-state index contributed by atoms with van der Waals surface area (Å²) in [6, 6.07) is 3.01. The zero-order valence-corrected chi connectivity index (χ0v) is 19.3. The lowest BCUT2D eigenvalue weighted by molar-refractivity contribution is -0.147. The molecule has 34 heavy (non-hydrogen) atoms. The molecule has 0 saturated heterocycles. The fraction of sp³-hybridized carbons (Fsp3) is 0.600. The molecule has 1 heterocycles. The van der Waals surface area contributed by atoms with Crippen LogP contribution in [0.15, 0.2) is 12.1 Å². The highest BCUT2D eigenvalue weighted by molar-refractivity contribution is 6.05. The van der Waals surface area contributed by atoms with Crippen LogP contribution in [0, 0.1) is 23.2 Å². The van der Waals surface area contributed by atoms with Gasteiger partial charge in [-0.25, -0.2) is 0 Å². The first-order valence-corrected chi connectivity index (χ1v) is 12.0. The Morgan fingerprint density at radius 2 is 1.59 bits per heavy atom. The molecule has 0 unspecified atom stereocenters. The van der Waals surface area contributed by atoms with E-state index in [1.165, 1.54) is 38.3 Å². The number of carbonyl (C=O) groups excluding carboxylic acids is 4. The molecule has 4 fully saturated rings. The lowest BCUT2D eigenvalue weighted by atomic mass is 9.49. The van der Waals surface area contributed by atoms with Crippen molar-refractivity contribution < 1.29 is 33.4 Å². The van der Waals surface area contributed by atoms with Crippen molar-refractivity contribution in [2.45, 2.75) is 51.9 Å². The molecule has 5 aliphatic rings. The summed E-state index contributed by atoms with van der Waals surface area (Å²) in [6.07, 6.45) is 7.78. The van der Waals surface area contributed by atoms with Crippen molar-refractivity contribution in [3.63, 3.8) is 0 Å². The summed E-state index contributed by atoms with van der Waals surface area (Å²) < 4.78 is 15.6. The van der Waals surface area contributed by atoms with Gasteiger partial charge in [-0.3, -0.25) is 19.2 Å². The predicted octanol–water partition coefficient (Wildman–Crippen LogP) is 2.82. The van der Waals surface area contributed by atoms with Crippen LogP contribution in [0.3, 0.4) is 0 Å². The van der Waals surface area contributed by atoms with Crippen LogP contribution >= 0.6 is 0 Å². The Balaban J connectivity index is 1.07. The normalized spacial score (nSPS) is 27.9. The Bertz CT molecular complexity index is 999. The third-order valence-corrected chi connectivity index (χ3v) is 7.66. The van der Waals surface area contributed by atoms with Crippen molar-refractivity contribution >= 4 is 29.3 Å². The van der Waals surface area contributed by atoms with Crippen molar-refractivity contribution in [3.8, 4) is 11.5 Å². The Morgan fingerprint density at radius 1 is 0.971 bits per heavy atom. The smallest absolute Gasteiger partial charge is 0.325 e. The highest BCUT2D eigenvalue weighted by atomic mass is 16.7. The van der Waals surface area contributed by atoms with Crippen LogP contribution in [0.1, 0.15) is 62.2 Å². The fourth-order valence-electron chi connectivity index (χ4n) is 6.80. The minimum atomic E-state index is -0.688. The Hall–Kier alpha value is -3.10. The monoisotopic (exact) mass is 470 g/mol. The number of amides is 2. The van der Waals surface area contributed by atoms with Crippen LogP contribution in [0.4, 0.5) is 5.69 Å². The van der Waals surface area contributed by atoms with Gasteiger partial charge in [0.05, 0.1) is 5.69 Å². The van der Waals surface area contributed by atoms with Gasteiger partial charge in [0.1, 0.15) is 6.54 Å². The van der Waals surface area contributed by atoms with E-state index in [1.54, 1.807) is 0 Å². The summed E-state index contributed by atoms with van der Waals surface area (Å²) in [5.74, 6) is 1.45. The quantitative estimate of drug-likeness (QED) is 0.443. The van der Waals surface area contributed by atoms with Crippen LogP contribution < -0.4 is 20.1 Å². The molecular weight excluding hydrogens is 440 g/mol. The number of hydrogen-bond donors (Lipinski definition) is 2. The summed E-state index contributed by atoms with van der Waals surface area (Å²) >= 11 is 0. The molecule has 1 aliphatic heterocycles. The van der Waals surface area contributed by atoms with E-state index in [0.717, 1.165) is 37.0 Å². The van der Waals surface area contributed by atoms with E-state index in [1.807, 2.05) is 0 Å². The largest absolute Gasteiger partial charge is 0.454 e. The topological polar surface area (TPSA) is 120 Å². The minimum Gasteiger partial charge on any atom is -0.454 e. The summed E-state index contributed by atoms with van der Waals surface area (Å²) in [4.78, 5) is 48.8. The van der Waals surface area contributed by atoms with Gasteiger partial charge in [-0.1, -0.05) is 0 Å². The third-order valence-electron chi connectivity index (χ3n) is 7.66. The molecule has 4 aliphatic carbocycles. The zero-order chi connectivity index (χ0) is 23.9. The average molecular weight is 471 g/mol. The molecule has 9 heteroatoms. The van der Waals surface area contributed by atoms with E-state index in [4.69, 9.17) is 14.2 Å². The molecule has 1 aromatic rings. The van der Waals surface area contributed by atoms with Crippen molar-refractivity contribution in [2.24, 2.45) is 23.2 Å². The minimum absolute atomic E-state index is 0.0380. The third kappa shape index (κ3) is 4.74. The number of nitrogens with one attached hydrogen (secondary N) is 2. The van der Waals surface area contributed by atoms with Gasteiger partial charge in [0.15, 0.2) is 23.9 Å². The van der Waals surface area contributed by atoms with Gasteiger partial charge in [-0.05, 0) is 74.7 Å².